The molecule has 2 rings (SSSR count). The van der Waals surface area contributed by atoms with Crippen LogP contribution in [0.4, 0.5) is 5.69 Å². The van der Waals surface area contributed by atoms with Gasteiger partial charge in [0.15, 0.2) is 0 Å². The number of nitrogens with zero attached hydrogens (tertiary/aromatic N) is 2. The third kappa shape index (κ3) is 1.77. The summed E-state index contributed by atoms with van der Waals surface area (Å²) in [6.45, 7) is 2.06. The van der Waals surface area contributed by atoms with E-state index in [2.05, 4.69) is 34.0 Å². The lowest BCUT2D eigenvalue weighted by molar-refractivity contribution is 0.776. The SMILES string of the molecule is Cc1cc(-c2c(N)cnn2C)ccc1Br. The summed E-state index contributed by atoms with van der Waals surface area (Å²) in [6, 6.07) is 6.15. The van der Waals surface area contributed by atoms with Gasteiger partial charge in [-0.3, -0.25) is 4.68 Å². The zero-order valence-corrected chi connectivity index (χ0v) is 10.2. The molecule has 2 aromatic rings. The number of hydrogen-bond donors (Lipinski definition) is 1. The molecule has 78 valence electrons. The van der Waals surface area contributed by atoms with E-state index in [0.717, 1.165) is 15.7 Å². The van der Waals surface area contributed by atoms with Gasteiger partial charge >= 0.3 is 0 Å². The van der Waals surface area contributed by atoms with Crippen molar-refractivity contribution in [2.24, 2.45) is 7.05 Å². The second-order valence-electron chi connectivity index (χ2n) is 3.54. The molecule has 4 heteroatoms. The third-order valence-corrected chi connectivity index (χ3v) is 3.29. The highest BCUT2D eigenvalue weighted by Gasteiger charge is 2.08. The number of benzene rings is 1. The zero-order chi connectivity index (χ0) is 11.0. The minimum absolute atomic E-state index is 0.708. The number of anilines is 1. The van der Waals surface area contributed by atoms with Crippen molar-refractivity contribution in [1.82, 2.24) is 9.78 Å². The standard InChI is InChI=1S/C11H12BrN3/c1-7-5-8(3-4-9(7)12)11-10(13)6-14-15(11)2/h3-6H,13H2,1-2H3. The maximum atomic E-state index is 5.87. The molecule has 1 aromatic heterocycles. The van der Waals surface area contributed by atoms with Gasteiger partial charge < -0.3 is 5.73 Å². The Kier molecular flexibility index (Phi) is 2.52. The second-order valence-corrected chi connectivity index (χ2v) is 4.39. The average molecular weight is 266 g/mol. The molecule has 15 heavy (non-hydrogen) atoms. The Balaban J connectivity index is 2.59. The summed E-state index contributed by atoms with van der Waals surface area (Å²) in [5.41, 5.74) is 9.82. The van der Waals surface area contributed by atoms with Crippen LogP contribution in [0.25, 0.3) is 11.3 Å². The first-order valence-electron chi connectivity index (χ1n) is 4.63. The number of hydrogen-bond acceptors (Lipinski definition) is 2. The van der Waals surface area contributed by atoms with Crippen molar-refractivity contribution in [1.29, 1.82) is 0 Å². The molecule has 1 aromatic carbocycles. The van der Waals surface area contributed by atoms with Crippen LogP contribution in [0.2, 0.25) is 0 Å². The van der Waals surface area contributed by atoms with Gasteiger partial charge in [-0.05, 0) is 24.6 Å². The molecule has 2 N–H and O–H groups in total. The van der Waals surface area contributed by atoms with Gasteiger partial charge in [0.25, 0.3) is 0 Å². The van der Waals surface area contributed by atoms with Crippen molar-refractivity contribution < 1.29 is 0 Å². The molecule has 3 nitrogen and oxygen atoms in total. The van der Waals surface area contributed by atoms with Gasteiger partial charge in [-0.15, -0.1) is 0 Å². The summed E-state index contributed by atoms with van der Waals surface area (Å²) in [6.07, 6.45) is 1.67. The average Bonchev–Trinajstić information content (AvgIpc) is 2.52. The molecule has 0 saturated heterocycles. The number of nitrogen functional groups attached to an aromatic ring is 1. The smallest absolute Gasteiger partial charge is 0.0908 e. The van der Waals surface area contributed by atoms with Gasteiger partial charge in [0.05, 0.1) is 17.6 Å². The van der Waals surface area contributed by atoms with Crippen molar-refractivity contribution >= 4 is 21.6 Å². The Hall–Kier alpha value is -1.29. The van der Waals surface area contributed by atoms with E-state index in [4.69, 9.17) is 5.73 Å². The van der Waals surface area contributed by atoms with Crippen molar-refractivity contribution in [3.8, 4) is 11.3 Å². The Morgan fingerprint density at radius 3 is 2.67 bits per heavy atom. The molecule has 0 aliphatic rings. The van der Waals surface area contributed by atoms with E-state index in [1.165, 1.54) is 5.56 Å². The van der Waals surface area contributed by atoms with Gasteiger partial charge in [-0.2, -0.15) is 5.10 Å². The van der Waals surface area contributed by atoms with Crippen LogP contribution >= 0.6 is 15.9 Å². The normalized spacial score (nSPS) is 10.6. The van der Waals surface area contributed by atoms with Crippen molar-refractivity contribution in [2.75, 3.05) is 5.73 Å². The zero-order valence-electron chi connectivity index (χ0n) is 8.66. The van der Waals surface area contributed by atoms with Crippen LogP contribution in [0.3, 0.4) is 0 Å². The van der Waals surface area contributed by atoms with E-state index in [1.54, 1.807) is 10.9 Å². The van der Waals surface area contributed by atoms with Crippen LogP contribution in [0.15, 0.2) is 28.9 Å². The highest BCUT2D eigenvalue weighted by Crippen LogP contribution is 2.28. The lowest BCUT2D eigenvalue weighted by Crippen LogP contribution is -1.96. The van der Waals surface area contributed by atoms with E-state index in [1.807, 2.05) is 19.2 Å². The molecule has 0 fully saturated rings. The van der Waals surface area contributed by atoms with E-state index in [-0.39, 0.29) is 0 Å². The van der Waals surface area contributed by atoms with Gasteiger partial charge in [0, 0.05) is 17.1 Å². The minimum atomic E-state index is 0.708. The van der Waals surface area contributed by atoms with Crippen LogP contribution in [0, 0.1) is 6.92 Å². The number of rotatable bonds is 1. The monoisotopic (exact) mass is 265 g/mol. The predicted molar refractivity (Wildman–Crippen MR) is 65.5 cm³/mol. The Labute approximate surface area is 97.0 Å². The quantitative estimate of drug-likeness (QED) is 0.862. The van der Waals surface area contributed by atoms with Gasteiger partial charge in [0.1, 0.15) is 0 Å². The van der Waals surface area contributed by atoms with Crippen LogP contribution in [0.5, 0.6) is 0 Å². The molecule has 0 aliphatic carbocycles. The fourth-order valence-electron chi connectivity index (χ4n) is 1.60. The van der Waals surface area contributed by atoms with Gasteiger partial charge in [-0.1, -0.05) is 22.0 Å². The molecular formula is C11H12BrN3. The number of halogens is 1. The Morgan fingerprint density at radius 1 is 1.40 bits per heavy atom. The van der Waals surface area contributed by atoms with Crippen LogP contribution in [-0.2, 0) is 7.05 Å². The molecule has 1 heterocycles. The molecule has 0 saturated carbocycles. The minimum Gasteiger partial charge on any atom is -0.396 e. The first-order chi connectivity index (χ1) is 7.09. The molecule has 0 radical (unpaired) electrons. The van der Waals surface area contributed by atoms with E-state index >= 15 is 0 Å². The van der Waals surface area contributed by atoms with Crippen LogP contribution in [-0.4, -0.2) is 9.78 Å². The number of aromatic nitrogens is 2. The molecule has 0 unspecified atom stereocenters. The van der Waals surface area contributed by atoms with Gasteiger partial charge in [0.2, 0.25) is 0 Å². The largest absolute Gasteiger partial charge is 0.396 e. The summed E-state index contributed by atoms with van der Waals surface area (Å²) in [7, 11) is 1.89. The van der Waals surface area contributed by atoms with Crippen LogP contribution < -0.4 is 5.73 Å². The fraction of sp³-hybridized carbons (Fsp3) is 0.182. The number of aryl methyl sites for hydroxylation is 2. The maximum Gasteiger partial charge on any atom is 0.0908 e. The summed E-state index contributed by atoms with van der Waals surface area (Å²) in [5.74, 6) is 0. The number of nitrogens with two attached hydrogens (primary N) is 1. The van der Waals surface area contributed by atoms with Crippen molar-refractivity contribution in [2.45, 2.75) is 6.92 Å². The molecular weight excluding hydrogens is 254 g/mol. The van der Waals surface area contributed by atoms with E-state index in [9.17, 15) is 0 Å². The summed E-state index contributed by atoms with van der Waals surface area (Å²) >= 11 is 3.48. The summed E-state index contributed by atoms with van der Waals surface area (Å²) in [5, 5.41) is 4.12. The van der Waals surface area contributed by atoms with Gasteiger partial charge in [-0.25, -0.2) is 0 Å². The maximum absolute atomic E-state index is 5.87. The van der Waals surface area contributed by atoms with Crippen molar-refractivity contribution in [3.05, 3.63) is 34.4 Å². The highest BCUT2D eigenvalue weighted by molar-refractivity contribution is 9.10. The second kappa shape index (κ2) is 3.70. The fourth-order valence-corrected chi connectivity index (χ4v) is 1.85. The lowest BCUT2D eigenvalue weighted by atomic mass is 10.1. The van der Waals surface area contributed by atoms with E-state index in [0.29, 0.717) is 5.69 Å². The Bertz CT molecular complexity index is 483. The predicted octanol–water partition coefficient (Wildman–Crippen LogP) is 2.74. The molecule has 0 amide bonds. The molecule has 0 spiro atoms. The van der Waals surface area contributed by atoms with Crippen LogP contribution in [0.1, 0.15) is 5.56 Å². The molecule has 0 bridgehead atoms. The van der Waals surface area contributed by atoms with E-state index < -0.39 is 0 Å². The molecule has 0 atom stereocenters. The lowest BCUT2D eigenvalue weighted by Gasteiger charge is -2.06. The molecule has 0 aliphatic heterocycles. The summed E-state index contributed by atoms with van der Waals surface area (Å²) in [4.78, 5) is 0. The topological polar surface area (TPSA) is 43.8 Å². The summed E-state index contributed by atoms with van der Waals surface area (Å²) < 4.78 is 2.89. The highest BCUT2D eigenvalue weighted by atomic mass is 79.9. The van der Waals surface area contributed by atoms with Crippen molar-refractivity contribution in [3.63, 3.8) is 0 Å². The first-order valence-corrected chi connectivity index (χ1v) is 5.43. The Morgan fingerprint density at radius 2 is 2.13 bits per heavy atom. The first kappa shape index (κ1) is 10.2. The third-order valence-electron chi connectivity index (χ3n) is 2.40.